The molecule has 182 valence electrons. The summed E-state index contributed by atoms with van der Waals surface area (Å²) in [5.74, 6) is -0.966. The van der Waals surface area contributed by atoms with Crippen LogP contribution in [0.5, 0.6) is 5.75 Å². The lowest BCUT2D eigenvalue weighted by atomic mass is 9.60. The largest absolute Gasteiger partial charge is 0.484 e. The second kappa shape index (κ2) is 10.1. The maximum absolute atomic E-state index is 13.5. The summed E-state index contributed by atoms with van der Waals surface area (Å²) in [5.41, 5.74) is -1.23. The van der Waals surface area contributed by atoms with E-state index in [0.29, 0.717) is 32.1 Å². The third-order valence-electron chi connectivity index (χ3n) is 7.08. The number of rotatable bonds is 8. The number of nitrogens with one attached hydrogen (secondary N) is 3. The third-order valence-corrected chi connectivity index (χ3v) is 7.38. The highest BCUT2D eigenvalue weighted by molar-refractivity contribution is 6.30. The van der Waals surface area contributed by atoms with E-state index in [9.17, 15) is 19.1 Å². The van der Waals surface area contributed by atoms with Gasteiger partial charge in [-0.3, -0.25) is 9.59 Å². The van der Waals surface area contributed by atoms with Crippen molar-refractivity contribution in [2.45, 2.75) is 68.2 Å². The van der Waals surface area contributed by atoms with Gasteiger partial charge in [-0.2, -0.15) is 0 Å². The summed E-state index contributed by atoms with van der Waals surface area (Å²) in [7, 11) is 0. The molecular formula is C23H31ClFN3O5. The lowest BCUT2D eigenvalue weighted by Crippen LogP contribution is -2.70. The number of hydrogen-bond acceptors (Lipinski definition) is 6. The second-order valence-corrected chi connectivity index (χ2v) is 9.80. The fraction of sp³-hybridized carbons (Fsp3) is 0.652. The molecule has 4 N–H and O–H groups in total. The Labute approximate surface area is 197 Å². The first kappa shape index (κ1) is 24.2. The van der Waals surface area contributed by atoms with E-state index in [1.54, 1.807) is 0 Å². The predicted molar refractivity (Wildman–Crippen MR) is 120 cm³/mol. The SMILES string of the molecule is O=C(COc1ccc(Cl)c(F)c1)NC12CCC(NC(=O)COC3CCCNC3)(CC1)[C@@H](O)C2. The van der Waals surface area contributed by atoms with Crippen molar-refractivity contribution < 1.29 is 28.6 Å². The number of benzene rings is 1. The first-order valence-corrected chi connectivity index (χ1v) is 11.9. The topological polar surface area (TPSA) is 109 Å². The van der Waals surface area contributed by atoms with E-state index in [0.717, 1.165) is 32.0 Å². The zero-order chi connectivity index (χ0) is 23.5. The molecule has 2 bridgehead atoms. The quantitative estimate of drug-likeness (QED) is 0.448. The van der Waals surface area contributed by atoms with Crippen LogP contribution in [0.2, 0.25) is 5.02 Å². The molecule has 4 fully saturated rings. The molecule has 2 atom stereocenters. The van der Waals surface area contributed by atoms with Crippen LogP contribution >= 0.6 is 11.6 Å². The Kier molecular flexibility index (Phi) is 7.43. The summed E-state index contributed by atoms with van der Waals surface area (Å²) in [6.45, 7) is 1.44. The van der Waals surface area contributed by atoms with Crippen molar-refractivity contribution in [1.82, 2.24) is 16.0 Å². The number of aliphatic hydroxyl groups excluding tert-OH is 1. The van der Waals surface area contributed by atoms with Crippen LogP contribution in [0.4, 0.5) is 4.39 Å². The Morgan fingerprint density at radius 3 is 2.61 bits per heavy atom. The van der Waals surface area contributed by atoms with E-state index in [4.69, 9.17) is 21.1 Å². The van der Waals surface area contributed by atoms with E-state index in [-0.39, 0.29) is 41.9 Å². The third kappa shape index (κ3) is 5.77. The number of carbonyl (C=O) groups excluding carboxylic acids is 2. The minimum atomic E-state index is -0.771. The number of aliphatic hydroxyl groups is 1. The maximum Gasteiger partial charge on any atom is 0.258 e. The van der Waals surface area contributed by atoms with Gasteiger partial charge in [0, 0.05) is 18.2 Å². The van der Waals surface area contributed by atoms with Crippen molar-refractivity contribution in [2.24, 2.45) is 0 Å². The molecule has 0 spiro atoms. The number of hydrogen-bond donors (Lipinski definition) is 4. The van der Waals surface area contributed by atoms with Crippen LogP contribution in [0.15, 0.2) is 18.2 Å². The number of carbonyl (C=O) groups is 2. The van der Waals surface area contributed by atoms with E-state index in [2.05, 4.69) is 16.0 Å². The Morgan fingerprint density at radius 1 is 1.18 bits per heavy atom. The van der Waals surface area contributed by atoms with Crippen molar-refractivity contribution in [2.75, 3.05) is 26.3 Å². The molecule has 2 amide bonds. The van der Waals surface area contributed by atoms with Crippen LogP contribution in [-0.4, -0.2) is 66.5 Å². The molecule has 1 aromatic carbocycles. The van der Waals surface area contributed by atoms with Crippen molar-refractivity contribution >= 4 is 23.4 Å². The molecule has 8 nitrogen and oxygen atoms in total. The fourth-order valence-electron chi connectivity index (χ4n) is 5.18. The lowest BCUT2D eigenvalue weighted by molar-refractivity contribution is -0.140. The number of halogens is 2. The lowest BCUT2D eigenvalue weighted by Gasteiger charge is -2.56. The van der Waals surface area contributed by atoms with Gasteiger partial charge in [-0.15, -0.1) is 0 Å². The van der Waals surface area contributed by atoms with E-state index < -0.39 is 23.0 Å². The average molecular weight is 484 g/mol. The normalized spacial score (nSPS) is 31.1. The van der Waals surface area contributed by atoms with Gasteiger partial charge in [0.25, 0.3) is 5.91 Å². The maximum atomic E-state index is 13.5. The molecule has 4 aliphatic rings. The minimum absolute atomic E-state index is 0.0165. The van der Waals surface area contributed by atoms with Gasteiger partial charge in [-0.25, -0.2) is 4.39 Å². The Hall–Kier alpha value is -1.94. The first-order valence-electron chi connectivity index (χ1n) is 11.5. The summed E-state index contributed by atoms with van der Waals surface area (Å²) in [5, 5.41) is 20.1. The molecule has 1 aliphatic heterocycles. The molecule has 3 saturated carbocycles. The smallest absolute Gasteiger partial charge is 0.258 e. The minimum Gasteiger partial charge on any atom is -0.484 e. The molecule has 0 aromatic heterocycles. The monoisotopic (exact) mass is 483 g/mol. The summed E-state index contributed by atoms with van der Waals surface area (Å²) in [6.07, 6.45) is 3.99. The molecule has 1 aromatic rings. The van der Waals surface area contributed by atoms with E-state index in [1.165, 1.54) is 12.1 Å². The zero-order valence-corrected chi connectivity index (χ0v) is 19.3. The molecule has 1 saturated heterocycles. The number of ether oxygens (including phenoxy) is 2. The van der Waals surface area contributed by atoms with Crippen molar-refractivity contribution in [3.8, 4) is 5.75 Å². The Balaban J connectivity index is 1.25. The number of amides is 2. The van der Waals surface area contributed by atoms with E-state index >= 15 is 0 Å². The predicted octanol–water partition coefficient (Wildman–Crippen LogP) is 1.68. The van der Waals surface area contributed by atoms with Gasteiger partial charge in [-0.05, 0) is 63.6 Å². The highest BCUT2D eigenvalue weighted by atomic mass is 35.5. The van der Waals surface area contributed by atoms with Gasteiger partial charge in [0.2, 0.25) is 5.91 Å². The summed E-state index contributed by atoms with van der Waals surface area (Å²) in [4.78, 5) is 25.0. The molecule has 0 radical (unpaired) electrons. The Morgan fingerprint density at radius 2 is 1.94 bits per heavy atom. The molecular weight excluding hydrogens is 453 g/mol. The van der Waals surface area contributed by atoms with Crippen molar-refractivity contribution in [3.05, 3.63) is 29.0 Å². The zero-order valence-electron chi connectivity index (χ0n) is 18.5. The van der Waals surface area contributed by atoms with Gasteiger partial charge >= 0.3 is 0 Å². The summed E-state index contributed by atoms with van der Waals surface area (Å²) >= 11 is 5.65. The number of piperidine rings is 1. The van der Waals surface area contributed by atoms with Crippen molar-refractivity contribution in [3.63, 3.8) is 0 Å². The highest BCUT2D eigenvalue weighted by Crippen LogP contribution is 2.47. The average Bonchev–Trinajstić information content (AvgIpc) is 2.80. The van der Waals surface area contributed by atoms with Gasteiger partial charge in [-0.1, -0.05) is 11.6 Å². The molecule has 3 aliphatic carbocycles. The van der Waals surface area contributed by atoms with Gasteiger partial charge in [0.15, 0.2) is 6.61 Å². The molecule has 10 heteroatoms. The van der Waals surface area contributed by atoms with Crippen molar-refractivity contribution in [1.29, 1.82) is 0 Å². The molecule has 1 heterocycles. The standard InChI is InChI=1S/C23H31ClFN3O5/c24-17-4-3-15(10-18(17)25)32-13-20(30)27-22-5-7-23(8-6-22,19(29)11-22)28-21(31)14-33-16-2-1-9-26-12-16/h3-4,10,16,19,26,29H,1-2,5-9,11-14H2,(H,27,30)(H,28,31)/t16?,19-,22?,23?/m0/s1. The van der Waals surface area contributed by atoms with Gasteiger partial charge < -0.3 is 30.5 Å². The first-order chi connectivity index (χ1) is 15.8. The number of fused-ring (bicyclic) bond motifs is 3. The van der Waals surface area contributed by atoms with Gasteiger partial charge in [0.1, 0.15) is 18.2 Å². The van der Waals surface area contributed by atoms with Crippen LogP contribution < -0.4 is 20.7 Å². The van der Waals surface area contributed by atoms with Crippen LogP contribution in [0, 0.1) is 5.82 Å². The highest BCUT2D eigenvalue weighted by Gasteiger charge is 2.55. The van der Waals surface area contributed by atoms with Crippen LogP contribution in [0.3, 0.4) is 0 Å². The van der Waals surface area contributed by atoms with Crippen LogP contribution in [0.25, 0.3) is 0 Å². The summed E-state index contributed by atoms with van der Waals surface area (Å²) in [6, 6.07) is 3.99. The summed E-state index contributed by atoms with van der Waals surface area (Å²) < 4.78 is 24.6. The molecule has 33 heavy (non-hydrogen) atoms. The van der Waals surface area contributed by atoms with Crippen LogP contribution in [-0.2, 0) is 14.3 Å². The Bertz CT molecular complexity index is 872. The second-order valence-electron chi connectivity index (χ2n) is 9.40. The van der Waals surface area contributed by atoms with Gasteiger partial charge in [0.05, 0.1) is 22.8 Å². The van der Waals surface area contributed by atoms with Crippen LogP contribution in [0.1, 0.15) is 44.9 Å². The van der Waals surface area contributed by atoms with E-state index in [1.807, 2.05) is 0 Å². The molecule has 1 unspecified atom stereocenters. The molecule has 5 rings (SSSR count). The fourth-order valence-corrected chi connectivity index (χ4v) is 5.30.